The van der Waals surface area contributed by atoms with E-state index in [0.717, 1.165) is 12.1 Å². The monoisotopic (exact) mass is 398 g/mol. The van der Waals surface area contributed by atoms with Gasteiger partial charge in [-0.2, -0.15) is 26.3 Å². The van der Waals surface area contributed by atoms with Gasteiger partial charge in [0, 0.05) is 5.02 Å². The molecule has 0 aliphatic rings. The zero-order chi connectivity index (χ0) is 19.7. The highest BCUT2D eigenvalue weighted by Crippen LogP contribution is 2.37. The van der Waals surface area contributed by atoms with Crippen LogP contribution in [0.2, 0.25) is 5.02 Å². The highest BCUT2D eigenvalue weighted by Gasteiger charge is 2.37. The molecule has 0 aliphatic carbocycles. The highest BCUT2D eigenvalue weighted by atomic mass is 35.5. The van der Waals surface area contributed by atoms with Crippen LogP contribution in [-0.2, 0) is 12.4 Å². The number of carbonyl (C=O) groups is 1. The molecule has 0 radical (unpaired) electrons. The molecule has 0 saturated heterocycles. The Balaban J connectivity index is 2.28. The van der Waals surface area contributed by atoms with E-state index in [1.54, 1.807) is 0 Å². The fourth-order valence-electron chi connectivity index (χ4n) is 1.91. The van der Waals surface area contributed by atoms with Crippen molar-refractivity contribution in [3.8, 4) is 5.75 Å². The van der Waals surface area contributed by atoms with Gasteiger partial charge in [-0.1, -0.05) is 11.6 Å². The maximum Gasteiger partial charge on any atom is 0.416 e. The molecule has 1 amide bonds. The van der Waals surface area contributed by atoms with Gasteiger partial charge in [0.05, 0.1) is 22.4 Å². The van der Waals surface area contributed by atoms with Crippen molar-refractivity contribution in [3.05, 3.63) is 58.1 Å². The van der Waals surface area contributed by atoms with E-state index in [1.807, 2.05) is 10.9 Å². The number of aromatic hydroxyl groups is 1. The van der Waals surface area contributed by atoms with E-state index in [2.05, 4.69) is 0 Å². The fourth-order valence-corrected chi connectivity index (χ4v) is 2.09. The molecular weight excluding hydrogens is 390 g/mol. The van der Waals surface area contributed by atoms with Crippen LogP contribution in [0.5, 0.6) is 5.75 Å². The maximum absolute atomic E-state index is 12.8. The average Bonchev–Trinajstić information content (AvgIpc) is 2.53. The van der Waals surface area contributed by atoms with Crippen molar-refractivity contribution in [1.82, 2.24) is 5.43 Å². The standard InChI is InChI=1S/C15H9ClF6N2O2/c16-9-1-2-12(25)11(6-9)13(26)24-23-10-4-7(14(17,18)19)3-8(5-10)15(20,21)22/h1-6,23,25H,(H,24,26). The Hall–Kier alpha value is -2.62. The number of hydrogen-bond acceptors (Lipinski definition) is 3. The number of phenols is 1. The summed E-state index contributed by atoms with van der Waals surface area (Å²) >= 11 is 5.66. The molecule has 0 aromatic heterocycles. The second-order valence-electron chi connectivity index (χ2n) is 5.04. The van der Waals surface area contributed by atoms with E-state index in [4.69, 9.17) is 11.6 Å². The summed E-state index contributed by atoms with van der Waals surface area (Å²) in [7, 11) is 0. The minimum absolute atomic E-state index is 0.0458. The summed E-state index contributed by atoms with van der Waals surface area (Å²) in [5.41, 5.74) is -0.211. The lowest BCUT2D eigenvalue weighted by Gasteiger charge is -2.16. The second kappa shape index (κ2) is 6.94. The van der Waals surface area contributed by atoms with Gasteiger partial charge >= 0.3 is 12.4 Å². The molecule has 0 unspecified atom stereocenters. The van der Waals surface area contributed by atoms with Gasteiger partial charge in [0.1, 0.15) is 5.75 Å². The molecule has 0 saturated carbocycles. The number of alkyl halides is 6. The van der Waals surface area contributed by atoms with Gasteiger partial charge in [-0.15, -0.1) is 0 Å². The molecule has 0 aliphatic heterocycles. The molecule has 26 heavy (non-hydrogen) atoms. The molecule has 0 spiro atoms. The molecular formula is C15H9ClF6N2O2. The topological polar surface area (TPSA) is 61.4 Å². The van der Waals surface area contributed by atoms with Crippen LogP contribution >= 0.6 is 11.6 Å². The third-order valence-electron chi connectivity index (χ3n) is 3.11. The number of hydrazine groups is 1. The van der Waals surface area contributed by atoms with E-state index >= 15 is 0 Å². The molecule has 2 rings (SSSR count). The first-order valence-electron chi connectivity index (χ1n) is 6.72. The lowest BCUT2D eigenvalue weighted by Crippen LogP contribution is -2.29. The van der Waals surface area contributed by atoms with E-state index in [0.29, 0.717) is 12.1 Å². The molecule has 2 aromatic carbocycles. The first-order valence-corrected chi connectivity index (χ1v) is 7.10. The number of nitrogens with one attached hydrogen (secondary N) is 2. The van der Waals surface area contributed by atoms with Gasteiger partial charge in [0.2, 0.25) is 0 Å². The van der Waals surface area contributed by atoms with Gasteiger partial charge in [0.25, 0.3) is 5.91 Å². The van der Waals surface area contributed by atoms with Crippen molar-refractivity contribution in [3.63, 3.8) is 0 Å². The number of carbonyl (C=O) groups excluding carboxylic acids is 1. The molecule has 11 heteroatoms. The SMILES string of the molecule is O=C(NNc1cc(C(F)(F)F)cc(C(F)(F)F)c1)c1cc(Cl)ccc1O. The largest absolute Gasteiger partial charge is 0.507 e. The fraction of sp³-hybridized carbons (Fsp3) is 0.133. The number of halogens is 7. The number of rotatable bonds is 3. The van der Waals surface area contributed by atoms with Crippen LogP contribution in [0, 0.1) is 0 Å². The van der Waals surface area contributed by atoms with Gasteiger partial charge in [-0.25, -0.2) is 0 Å². The van der Waals surface area contributed by atoms with E-state index < -0.39 is 40.8 Å². The average molecular weight is 399 g/mol. The summed E-state index contributed by atoms with van der Waals surface area (Å²) in [4.78, 5) is 11.9. The smallest absolute Gasteiger partial charge is 0.416 e. The van der Waals surface area contributed by atoms with E-state index in [1.165, 1.54) is 6.07 Å². The summed E-state index contributed by atoms with van der Waals surface area (Å²) in [6, 6.07) is 4.20. The van der Waals surface area contributed by atoms with Crippen LogP contribution in [-0.4, -0.2) is 11.0 Å². The van der Waals surface area contributed by atoms with Gasteiger partial charge in [0.15, 0.2) is 0 Å². The van der Waals surface area contributed by atoms with Gasteiger partial charge < -0.3 is 5.11 Å². The molecule has 2 aromatic rings. The van der Waals surface area contributed by atoms with Crippen LogP contribution in [0.15, 0.2) is 36.4 Å². The minimum atomic E-state index is -5.02. The molecule has 0 bridgehead atoms. The molecule has 0 heterocycles. The van der Waals surface area contributed by atoms with Crippen molar-refractivity contribution < 1.29 is 36.2 Å². The Kier molecular flexibility index (Phi) is 5.26. The third kappa shape index (κ3) is 4.72. The molecule has 0 atom stereocenters. The summed E-state index contributed by atoms with van der Waals surface area (Å²) in [5, 5.41) is 9.65. The molecule has 140 valence electrons. The van der Waals surface area contributed by atoms with Crippen LogP contribution in [0.25, 0.3) is 0 Å². The van der Waals surface area contributed by atoms with Crippen LogP contribution < -0.4 is 10.9 Å². The van der Waals surface area contributed by atoms with Crippen LogP contribution in [0.4, 0.5) is 32.0 Å². The Morgan fingerprint density at radius 1 is 0.923 bits per heavy atom. The first kappa shape index (κ1) is 19.7. The van der Waals surface area contributed by atoms with Crippen molar-refractivity contribution in [2.45, 2.75) is 12.4 Å². The van der Waals surface area contributed by atoms with Crippen LogP contribution in [0.3, 0.4) is 0 Å². The predicted molar refractivity (Wildman–Crippen MR) is 80.7 cm³/mol. The van der Waals surface area contributed by atoms with Gasteiger partial charge in [-0.05, 0) is 36.4 Å². The Morgan fingerprint density at radius 2 is 1.46 bits per heavy atom. The molecule has 0 fully saturated rings. The van der Waals surface area contributed by atoms with Gasteiger partial charge in [-0.3, -0.25) is 15.6 Å². The lowest BCUT2D eigenvalue weighted by atomic mass is 10.1. The predicted octanol–water partition coefficient (Wildman–Crippen LogP) is 4.84. The maximum atomic E-state index is 12.8. The summed E-state index contributed by atoms with van der Waals surface area (Å²) in [6.07, 6.45) is -10.0. The molecule has 4 nitrogen and oxygen atoms in total. The van der Waals surface area contributed by atoms with Crippen molar-refractivity contribution in [2.24, 2.45) is 0 Å². The highest BCUT2D eigenvalue weighted by molar-refractivity contribution is 6.31. The summed E-state index contributed by atoms with van der Waals surface area (Å²) in [6.45, 7) is 0. The van der Waals surface area contributed by atoms with Crippen molar-refractivity contribution in [1.29, 1.82) is 0 Å². The molecule has 3 N–H and O–H groups in total. The summed E-state index contributed by atoms with van der Waals surface area (Å²) < 4.78 is 76.6. The number of phenolic OH excluding ortho intramolecular Hbond substituents is 1. The quantitative estimate of drug-likeness (QED) is 0.512. The Morgan fingerprint density at radius 3 is 1.96 bits per heavy atom. The summed E-state index contributed by atoms with van der Waals surface area (Å²) in [5.74, 6) is -1.50. The second-order valence-corrected chi connectivity index (χ2v) is 5.47. The Bertz CT molecular complexity index is 804. The lowest BCUT2D eigenvalue weighted by molar-refractivity contribution is -0.143. The first-order chi connectivity index (χ1) is 11.9. The normalized spacial score (nSPS) is 12.0. The van der Waals surface area contributed by atoms with E-state index in [9.17, 15) is 36.2 Å². The number of amides is 1. The zero-order valence-corrected chi connectivity index (χ0v) is 13.2. The number of hydrogen-bond donors (Lipinski definition) is 3. The number of benzene rings is 2. The Labute approximate surface area is 147 Å². The van der Waals surface area contributed by atoms with Crippen molar-refractivity contribution >= 4 is 23.2 Å². The number of anilines is 1. The van der Waals surface area contributed by atoms with Crippen LogP contribution in [0.1, 0.15) is 21.5 Å². The zero-order valence-electron chi connectivity index (χ0n) is 12.5. The third-order valence-corrected chi connectivity index (χ3v) is 3.35. The van der Waals surface area contributed by atoms with Crippen molar-refractivity contribution in [2.75, 3.05) is 5.43 Å². The van der Waals surface area contributed by atoms with E-state index in [-0.39, 0.29) is 16.7 Å². The minimum Gasteiger partial charge on any atom is -0.507 e.